The second kappa shape index (κ2) is 8.35. The highest BCUT2D eigenvalue weighted by atomic mass is 35.5. The van der Waals surface area contributed by atoms with Crippen molar-refractivity contribution in [3.8, 4) is 16.9 Å². The highest BCUT2D eigenvalue weighted by molar-refractivity contribution is 6.35. The van der Waals surface area contributed by atoms with Crippen LogP contribution in [0.15, 0.2) is 46.9 Å². The van der Waals surface area contributed by atoms with Crippen molar-refractivity contribution < 1.29 is 29.0 Å². The number of fused-ring (bicyclic) bond motifs is 5. The van der Waals surface area contributed by atoms with Crippen LogP contribution in [0.3, 0.4) is 0 Å². The molecule has 3 heterocycles. The molecule has 8 nitrogen and oxygen atoms in total. The summed E-state index contributed by atoms with van der Waals surface area (Å²) in [6.07, 6.45) is -0.949. The molecule has 3 N–H and O–H groups in total. The number of carbonyl (C=O) groups is 2. The molecule has 2 aliphatic heterocycles. The van der Waals surface area contributed by atoms with Crippen LogP contribution >= 0.6 is 11.6 Å². The second-order valence-electron chi connectivity index (χ2n) is 8.75. The highest BCUT2D eigenvalue weighted by Gasteiger charge is 2.35. The molecule has 3 aromatic carbocycles. The van der Waals surface area contributed by atoms with Crippen LogP contribution in [0, 0.1) is 0 Å². The molecular formula is C26H21ClN2O6. The Morgan fingerprint density at radius 1 is 1.03 bits per heavy atom. The number of aliphatic hydroxyl groups is 1. The summed E-state index contributed by atoms with van der Waals surface area (Å²) in [4.78, 5) is 27.8. The zero-order valence-electron chi connectivity index (χ0n) is 18.5. The van der Waals surface area contributed by atoms with Crippen LogP contribution in [-0.4, -0.2) is 59.8 Å². The maximum absolute atomic E-state index is 12.9. The van der Waals surface area contributed by atoms with E-state index in [0.717, 1.165) is 0 Å². The molecule has 1 aromatic heterocycles. The smallest absolute Gasteiger partial charge is 0.259 e. The minimum absolute atomic E-state index is 0.0788. The van der Waals surface area contributed by atoms with E-state index in [9.17, 15) is 19.8 Å². The van der Waals surface area contributed by atoms with Gasteiger partial charge in [-0.15, -0.1) is 0 Å². The number of hydrogen-bond acceptors (Lipinski definition) is 7. The van der Waals surface area contributed by atoms with Crippen molar-refractivity contribution in [3.63, 3.8) is 0 Å². The number of nitrogens with one attached hydrogen (secondary N) is 1. The lowest BCUT2D eigenvalue weighted by Gasteiger charge is -2.28. The SMILES string of the molecule is O=C1NC(=O)c2c1c(-c1ccccc1Cl)cc1oc3c(C(O)CN4CCOCC4)cc(O)cc3c21. The largest absolute Gasteiger partial charge is 0.508 e. The average molecular weight is 493 g/mol. The number of rotatable bonds is 4. The molecule has 4 aromatic rings. The predicted octanol–water partition coefficient (Wildman–Crippen LogP) is 3.86. The number of imide groups is 1. The number of phenolic OH excluding ortho intramolecular Hbond substituents is 1. The molecule has 2 aliphatic rings. The first-order valence-corrected chi connectivity index (χ1v) is 11.6. The first-order chi connectivity index (χ1) is 16.9. The van der Waals surface area contributed by atoms with Crippen molar-refractivity contribution in [1.29, 1.82) is 0 Å². The number of nitrogens with zero attached hydrogens (tertiary/aromatic N) is 1. The van der Waals surface area contributed by atoms with E-state index in [1.54, 1.807) is 30.3 Å². The van der Waals surface area contributed by atoms with Crippen LogP contribution in [-0.2, 0) is 4.74 Å². The Morgan fingerprint density at radius 2 is 1.77 bits per heavy atom. The Bertz CT molecular complexity index is 1520. The van der Waals surface area contributed by atoms with Gasteiger partial charge in [0, 0.05) is 52.1 Å². The van der Waals surface area contributed by atoms with Crippen molar-refractivity contribution in [2.45, 2.75) is 6.10 Å². The summed E-state index contributed by atoms with van der Waals surface area (Å²) in [5.74, 6) is -1.15. The number of β-amino-alcohol motifs (C(OH)–C–C–N with tert-alkyl or cyclic N) is 1. The fourth-order valence-corrected chi connectivity index (χ4v) is 5.25. The standard InChI is InChI=1S/C26H21ClN2O6/c27-18-4-2-1-3-14(18)15-11-20-21(23-22(15)25(32)28-26(23)33)17-10-13(30)9-16(24(17)35-20)19(31)12-29-5-7-34-8-6-29/h1-4,9-11,19,30-31H,5-8,12H2,(H,28,32,33). The minimum Gasteiger partial charge on any atom is -0.508 e. The molecule has 2 amide bonds. The number of ether oxygens (including phenoxy) is 1. The lowest BCUT2D eigenvalue weighted by atomic mass is 9.92. The van der Waals surface area contributed by atoms with Crippen LogP contribution in [0.25, 0.3) is 33.1 Å². The van der Waals surface area contributed by atoms with E-state index in [4.69, 9.17) is 20.8 Å². The third-order valence-corrected chi connectivity index (χ3v) is 6.94. The molecule has 0 spiro atoms. The predicted molar refractivity (Wildman–Crippen MR) is 130 cm³/mol. The minimum atomic E-state index is -0.949. The Balaban J connectivity index is 1.59. The number of hydrogen-bond donors (Lipinski definition) is 3. The van der Waals surface area contributed by atoms with E-state index >= 15 is 0 Å². The molecule has 35 heavy (non-hydrogen) atoms. The molecule has 0 bridgehead atoms. The fraction of sp³-hybridized carbons (Fsp3) is 0.231. The van der Waals surface area contributed by atoms with Gasteiger partial charge < -0.3 is 19.4 Å². The molecule has 0 saturated carbocycles. The number of aliphatic hydroxyl groups excluding tert-OH is 1. The van der Waals surface area contributed by atoms with Crippen molar-refractivity contribution in [3.05, 3.63) is 64.2 Å². The topological polar surface area (TPSA) is 112 Å². The lowest BCUT2D eigenvalue weighted by Crippen LogP contribution is -2.38. The third-order valence-electron chi connectivity index (χ3n) is 6.61. The second-order valence-corrected chi connectivity index (χ2v) is 9.16. The molecule has 1 saturated heterocycles. The molecule has 0 aliphatic carbocycles. The number of phenols is 1. The van der Waals surface area contributed by atoms with Gasteiger partial charge in [0.15, 0.2) is 0 Å². The van der Waals surface area contributed by atoms with Gasteiger partial charge in [0.25, 0.3) is 11.8 Å². The quantitative estimate of drug-likeness (QED) is 0.371. The van der Waals surface area contributed by atoms with Gasteiger partial charge in [-0.05, 0) is 24.3 Å². The molecule has 0 radical (unpaired) electrons. The first kappa shape index (κ1) is 22.1. The van der Waals surface area contributed by atoms with Crippen molar-refractivity contribution in [2.24, 2.45) is 0 Å². The van der Waals surface area contributed by atoms with E-state index in [2.05, 4.69) is 10.2 Å². The molecule has 1 atom stereocenters. The molecule has 1 fully saturated rings. The van der Waals surface area contributed by atoms with Crippen LogP contribution in [0.1, 0.15) is 32.4 Å². The maximum Gasteiger partial charge on any atom is 0.259 e. The van der Waals surface area contributed by atoms with Crippen molar-refractivity contribution in [2.75, 3.05) is 32.8 Å². The van der Waals surface area contributed by atoms with E-state index in [1.165, 1.54) is 12.1 Å². The number of carbonyl (C=O) groups excluding carboxylic acids is 2. The highest BCUT2D eigenvalue weighted by Crippen LogP contribution is 2.44. The number of amides is 2. The fourth-order valence-electron chi connectivity index (χ4n) is 5.01. The maximum atomic E-state index is 12.9. The van der Waals surface area contributed by atoms with E-state index in [1.807, 2.05) is 0 Å². The molecule has 1 unspecified atom stereocenters. The third kappa shape index (κ3) is 3.57. The van der Waals surface area contributed by atoms with Crippen molar-refractivity contribution >= 4 is 45.4 Å². The average Bonchev–Trinajstić information content (AvgIpc) is 3.35. The monoisotopic (exact) mass is 492 g/mol. The Kier molecular flexibility index (Phi) is 5.26. The summed E-state index contributed by atoms with van der Waals surface area (Å²) in [5.41, 5.74) is 2.54. The van der Waals surface area contributed by atoms with Crippen LogP contribution in [0.4, 0.5) is 0 Å². The Labute approximate surface area is 204 Å². The van der Waals surface area contributed by atoms with E-state index in [0.29, 0.717) is 76.5 Å². The normalized spacial score (nSPS) is 17.2. The molecule has 178 valence electrons. The molecule has 6 rings (SSSR count). The summed E-state index contributed by atoms with van der Waals surface area (Å²) in [5, 5.41) is 25.2. The van der Waals surface area contributed by atoms with Crippen LogP contribution < -0.4 is 5.32 Å². The summed E-state index contributed by atoms with van der Waals surface area (Å²) < 4.78 is 11.6. The summed E-state index contributed by atoms with van der Waals surface area (Å²) in [6.45, 7) is 2.90. The number of aromatic hydroxyl groups is 1. The van der Waals surface area contributed by atoms with Gasteiger partial charge in [0.1, 0.15) is 16.9 Å². The van der Waals surface area contributed by atoms with Gasteiger partial charge >= 0.3 is 0 Å². The number of morpholine rings is 1. The van der Waals surface area contributed by atoms with Crippen LogP contribution in [0.5, 0.6) is 5.75 Å². The van der Waals surface area contributed by atoms with Crippen LogP contribution in [0.2, 0.25) is 5.02 Å². The van der Waals surface area contributed by atoms with Gasteiger partial charge in [-0.25, -0.2) is 0 Å². The number of benzene rings is 3. The Morgan fingerprint density at radius 3 is 2.54 bits per heavy atom. The molecule has 9 heteroatoms. The van der Waals surface area contributed by atoms with Crippen molar-refractivity contribution in [1.82, 2.24) is 10.2 Å². The van der Waals surface area contributed by atoms with Gasteiger partial charge in [0.05, 0.1) is 30.4 Å². The van der Waals surface area contributed by atoms with Gasteiger partial charge in [-0.1, -0.05) is 29.8 Å². The van der Waals surface area contributed by atoms with Gasteiger partial charge in [-0.3, -0.25) is 19.8 Å². The zero-order chi connectivity index (χ0) is 24.3. The first-order valence-electron chi connectivity index (χ1n) is 11.3. The molecular weight excluding hydrogens is 472 g/mol. The summed E-state index contributed by atoms with van der Waals surface area (Å²) >= 11 is 6.43. The van der Waals surface area contributed by atoms with Gasteiger partial charge in [0.2, 0.25) is 0 Å². The zero-order valence-corrected chi connectivity index (χ0v) is 19.3. The van der Waals surface area contributed by atoms with E-state index < -0.39 is 17.9 Å². The number of halogens is 1. The lowest BCUT2D eigenvalue weighted by molar-refractivity contribution is 0.0144. The number of furan rings is 1. The summed E-state index contributed by atoms with van der Waals surface area (Å²) in [6, 6.07) is 11.7. The Hall–Kier alpha value is -3.43. The van der Waals surface area contributed by atoms with E-state index in [-0.39, 0.29) is 16.9 Å². The summed E-state index contributed by atoms with van der Waals surface area (Å²) in [7, 11) is 0. The van der Waals surface area contributed by atoms with Gasteiger partial charge in [-0.2, -0.15) is 0 Å².